The Bertz CT molecular complexity index is 959. The van der Waals surface area contributed by atoms with Crippen LogP contribution in [0.15, 0.2) is 37.2 Å². The highest BCUT2D eigenvalue weighted by atomic mass is 35.5. The molecule has 1 saturated carbocycles. The number of hydrogen-bond acceptors (Lipinski definition) is 3. The maximum Gasteiger partial charge on any atom is 0.164 e. The Kier molecular flexibility index (Phi) is 4.26. The molecule has 1 aromatic carbocycles. The number of hydrogen-bond donors (Lipinski definition) is 0. The number of fused-ring (bicyclic) bond motifs is 1. The molecular weight excluding hydrogens is 355 g/mol. The van der Waals surface area contributed by atoms with Crippen molar-refractivity contribution in [2.45, 2.75) is 32.2 Å². The zero-order valence-corrected chi connectivity index (χ0v) is 15.4. The number of imidazole rings is 1. The maximum absolute atomic E-state index is 6.40. The average Bonchev–Trinajstić information content (AvgIpc) is 3.36. The van der Waals surface area contributed by atoms with Crippen LogP contribution in [0.1, 0.15) is 31.6 Å². The van der Waals surface area contributed by atoms with Crippen LogP contribution in [-0.4, -0.2) is 19.5 Å². The summed E-state index contributed by atoms with van der Waals surface area (Å²) in [6, 6.07) is 5.64. The van der Waals surface area contributed by atoms with E-state index in [9.17, 15) is 0 Å². The van der Waals surface area contributed by atoms with Crippen LogP contribution in [0.2, 0.25) is 10.0 Å². The summed E-state index contributed by atoms with van der Waals surface area (Å²) in [5, 5.41) is 1.15. The van der Waals surface area contributed by atoms with Crippen LogP contribution in [0.5, 0.6) is 0 Å². The van der Waals surface area contributed by atoms with Gasteiger partial charge in [0.25, 0.3) is 0 Å². The molecule has 128 valence electrons. The first-order valence-electron chi connectivity index (χ1n) is 8.43. The Morgan fingerprint density at radius 3 is 2.76 bits per heavy atom. The first-order chi connectivity index (χ1) is 12.1. The molecule has 4 rings (SSSR count). The summed E-state index contributed by atoms with van der Waals surface area (Å²) in [4.78, 5) is 13.8. The number of benzene rings is 1. The largest absolute Gasteiger partial charge is 0.305 e. The molecule has 1 atom stereocenters. The molecule has 0 bridgehead atoms. The lowest BCUT2D eigenvalue weighted by Gasteiger charge is -2.16. The third kappa shape index (κ3) is 2.83. The molecule has 4 nitrogen and oxygen atoms in total. The second kappa shape index (κ2) is 6.43. The SMILES string of the molecule is C=CC(C1CC1)n1c(CC)nc2c(-c3ccc(Cl)cc3Cl)ncnc21. The van der Waals surface area contributed by atoms with Crippen molar-refractivity contribution in [1.29, 1.82) is 0 Å². The molecule has 0 saturated heterocycles. The Morgan fingerprint density at radius 1 is 1.32 bits per heavy atom. The first-order valence-corrected chi connectivity index (χ1v) is 9.19. The van der Waals surface area contributed by atoms with Crippen LogP contribution < -0.4 is 0 Å². The maximum atomic E-state index is 6.40. The fraction of sp³-hybridized carbons (Fsp3) is 0.316. The van der Waals surface area contributed by atoms with E-state index in [0.717, 1.165) is 34.7 Å². The number of nitrogens with zero attached hydrogens (tertiary/aromatic N) is 4. The van der Waals surface area contributed by atoms with Crippen LogP contribution >= 0.6 is 23.2 Å². The predicted molar refractivity (Wildman–Crippen MR) is 102 cm³/mol. The number of aryl methyl sites for hydroxylation is 1. The quantitative estimate of drug-likeness (QED) is 0.555. The molecule has 0 radical (unpaired) electrons. The summed E-state index contributed by atoms with van der Waals surface area (Å²) in [5.74, 6) is 1.62. The van der Waals surface area contributed by atoms with Gasteiger partial charge in [-0.25, -0.2) is 15.0 Å². The topological polar surface area (TPSA) is 43.6 Å². The predicted octanol–water partition coefficient (Wildman–Crippen LogP) is 5.50. The van der Waals surface area contributed by atoms with Crippen LogP contribution in [-0.2, 0) is 6.42 Å². The summed E-state index contributed by atoms with van der Waals surface area (Å²) >= 11 is 12.4. The van der Waals surface area contributed by atoms with Gasteiger partial charge in [-0.3, -0.25) is 0 Å². The normalized spacial score (nSPS) is 15.5. The third-order valence-corrected chi connectivity index (χ3v) is 5.25. The number of aromatic nitrogens is 4. The van der Waals surface area contributed by atoms with E-state index < -0.39 is 0 Å². The van der Waals surface area contributed by atoms with Crippen molar-refractivity contribution in [3.63, 3.8) is 0 Å². The van der Waals surface area contributed by atoms with Gasteiger partial charge in [0.1, 0.15) is 23.4 Å². The molecule has 0 N–H and O–H groups in total. The minimum absolute atomic E-state index is 0.225. The van der Waals surface area contributed by atoms with Gasteiger partial charge in [-0.1, -0.05) is 36.2 Å². The molecule has 0 aliphatic heterocycles. The average molecular weight is 373 g/mol. The molecule has 6 heteroatoms. The molecule has 3 aromatic rings. The molecule has 0 amide bonds. The van der Waals surface area contributed by atoms with Crippen molar-refractivity contribution >= 4 is 34.4 Å². The highest BCUT2D eigenvalue weighted by molar-refractivity contribution is 6.36. The van der Waals surface area contributed by atoms with Gasteiger partial charge in [-0.05, 0) is 37.0 Å². The number of halogens is 2. The monoisotopic (exact) mass is 372 g/mol. The van der Waals surface area contributed by atoms with E-state index in [4.69, 9.17) is 28.2 Å². The van der Waals surface area contributed by atoms with Crippen molar-refractivity contribution in [2.24, 2.45) is 5.92 Å². The van der Waals surface area contributed by atoms with Gasteiger partial charge in [0, 0.05) is 17.0 Å². The lowest BCUT2D eigenvalue weighted by molar-refractivity contribution is 0.528. The Morgan fingerprint density at radius 2 is 2.12 bits per heavy atom. The zero-order chi connectivity index (χ0) is 17.6. The van der Waals surface area contributed by atoms with Crippen molar-refractivity contribution in [3.05, 3.63) is 53.1 Å². The van der Waals surface area contributed by atoms with Crippen LogP contribution in [0.4, 0.5) is 0 Å². The van der Waals surface area contributed by atoms with E-state index in [1.165, 1.54) is 12.8 Å². The second-order valence-corrected chi connectivity index (χ2v) is 7.18. The minimum Gasteiger partial charge on any atom is -0.305 e. The van der Waals surface area contributed by atoms with Gasteiger partial charge in [0.05, 0.1) is 11.1 Å². The molecule has 2 aromatic heterocycles. The first kappa shape index (κ1) is 16.6. The van der Waals surface area contributed by atoms with Gasteiger partial charge in [-0.2, -0.15) is 0 Å². The second-order valence-electron chi connectivity index (χ2n) is 6.33. The molecule has 1 aliphatic carbocycles. The lowest BCUT2D eigenvalue weighted by atomic mass is 10.1. The lowest BCUT2D eigenvalue weighted by Crippen LogP contribution is -2.12. The minimum atomic E-state index is 0.225. The number of allylic oxidation sites excluding steroid dienone is 1. The van der Waals surface area contributed by atoms with E-state index in [0.29, 0.717) is 16.0 Å². The highest BCUT2D eigenvalue weighted by Crippen LogP contribution is 2.43. The molecule has 1 fully saturated rings. The fourth-order valence-electron chi connectivity index (χ4n) is 3.34. The Labute approximate surface area is 156 Å². The number of rotatable bonds is 5. The third-order valence-electron chi connectivity index (χ3n) is 4.70. The van der Waals surface area contributed by atoms with Crippen molar-refractivity contribution < 1.29 is 0 Å². The van der Waals surface area contributed by atoms with Crippen LogP contribution in [0, 0.1) is 5.92 Å². The van der Waals surface area contributed by atoms with E-state index in [1.807, 2.05) is 18.2 Å². The summed E-state index contributed by atoms with van der Waals surface area (Å²) < 4.78 is 2.22. The van der Waals surface area contributed by atoms with E-state index in [2.05, 4.69) is 28.0 Å². The van der Waals surface area contributed by atoms with Gasteiger partial charge in [0.2, 0.25) is 0 Å². The smallest absolute Gasteiger partial charge is 0.164 e. The van der Waals surface area contributed by atoms with Crippen LogP contribution in [0.25, 0.3) is 22.4 Å². The molecule has 2 heterocycles. The molecule has 25 heavy (non-hydrogen) atoms. The summed E-state index contributed by atoms with van der Waals surface area (Å²) in [5.41, 5.74) is 3.16. The summed E-state index contributed by atoms with van der Waals surface area (Å²) in [6.07, 6.45) is 6.85. The van der Waals surface area contributed by atoms with Crippen molar-refractivity contribution in [2.75, 3.05) is 0 Å². The van der Waals surface area contributed by atoms with Gasteiger partial charge >= 0.3 is 0 Å². The van der Waals surface area contributed by atoms with Gasteiger partial charge in [-0.15, -0.1) is 6.58 Å². The molecular formula is C19H18Cl2N4. The highest BCUT2D eigenvalue weighted by Gasteiger charge is 2.33. The van der Waals surface area contributed by atoms with E-state index in [1.54, 1.807) is 12.4 Å². The molecule has 1 aliphatic rings. The fourth-order valence-corrected chi connectivity index (χ4v) is 3.84. The standard InChI is InChI=1S/C19H18Cl2N4/c1-3-15(11-5-6-11)25-16(4-2)24-18-17(22-10-23-19(18)25)13-8-7-12(20)9-14(13)21/h3,7-11,15H,1,4-6H2,2H3. The van der Waals surface area contributed by atoms with E-state index in [-0.39, 0.29) is 6.04 Å². The van der Waals surface area contributed by atoms with Gasteiger partial charge < -0.3 is 4.57 Å². The van der Waals surface area contributed by atoms with E-state index >= 15 is 0 Å². The van der Waals surface area contributed by atoms with Crippen molar-refractivity contribution in [3.8, 4) is 11.3 Å². The van der Waals surface area contributed by atoms with Crippen molar-refractivity contribution in [1.82, 2.24) is 19.5 Å². The molecule has 1 unspecified atom stereocenters. The Balaban J connectivity index is 1.96. The van der Waals surface area contributed by atoms with Gasteiger partial charge in [0.15, 0.2) is 5.65 Å². The van der Waals surface area contributed by atoms with Crippen LogP contribution in [0.3, 0.4) is 0 Å². The summed E-state index contributed by atoms with van der Waals surface area (Å²) in [7, 11) is 0. The summed E-state index contributed by atoms with van der Waals surface area (Å²) in [6.45, 7) is 6.14. The molecule has 0 spiro atoms. The Hall–Kier alpha value is -1.91. The zero-order valence-electron chi connectivity index (χ0n) is 13.9.